The van der Waals surface area contributed by atoms with E-state index in [0.29, 0.717) is 13.0 Å². The predicted molar refractivity (Wildman–Crippen MR) is 141 cm³/mol. The average molecular weight is 538 g/mol. The number of hydrogen-bond acceptors (Lipinski definition) is 7. The summed E-state index contributed by atoms with van der Waals surface area (Å²) in [5.74, 6) is -3.31. The van der Waals surface area contributed by atoms with Crippen molar-refractivity contribution in [3.63, 3.8) is 0 Å². The number of nitrogens with zero attached hydrogens (tertiary/aromatic N) is 4. The van der Waals surface area contributed by atoms with Gasteiger partial charge < -0.3 is 15.1 Å². The standard InChI is InChI=1S/C28H29F2N5O2S/c1-17-16-38-24(32-17)22-10-7-11-35(22)25(36)20-12-19(13-21(14-20)28(3,29)30)23-33-34-26(37-23)27(2,31)15-18-8-5-4-6-9-18/h4-6,8-9,12-14,16,22H,7,10-11,15,31H2,1-3H3/t22-,27-/m1/s1. The molecule has 7 nitrogen and oxygen atoms in total. The zero-order valence-corrected chi connectivity index (χ0v) is 22.3. The zero-order chi connectivity index (χ0) is 27.1. The van der Waals surface area contributed by atoms with E-state index in [2.05, 4.69) is 15.2 Å². The lowest BCUT2D eigenvalue weighted by atomic mass is 9.94. The molecule has 2 aromatic heterocycles. The molecule has 0 radical (unpaired) electrons. The molecule has 3 heterocycles. The van der Waals surface area contributed by atoms with E-state index < -0.39 is 11.5 Å². The second-order valence-electron chi connectivity index (χ2n) is 10.2. The molecule has 0 aliphatic carbocycles. The molecule has 10 heteroatoms. The summed E-state index contributed by atoms with van der Waals surface area (Å²) in [5.41, 5.74) is 7.49. The molecule has 1 aliphatic rings. The monoisotopic (exact) mass is 537 g/mol. The van der Waals surface area contributed by atoms with Gasteiger partial charge in [-0.3, -0.25) is 4.79 Å². The molecule has 2 N–H and O–H groups in total. The number of hydrogen-bond donors (Lipinski definition) is 1. The fourth-order valence-corrected chi connectivity index (χ4v) is 5.69. The number of aryl methyl sites for hydroxylation is 1. The molecule has 2 atom stereocenters. The molecule has 0 saturated carbocycles. The van der Waals surface area contributed by atoms with Crippen LogP contribution in [-0.4, -0.2) is 32.5 Å². The van der Waals surface area contributed by atoms with Gasteiger partial charge >= 0.3 is 0 Å². The van der Waals surface area contributed by atoms with E-state index in [4.69, 9.17) is 10.2 Å². The summed E-state index contributed by atoms with van der Waals surface area (Å²) in [7, 11) is 0. The quantitative estimate of drug-likeness (QED) is 0.310. The van der Waals surface area contributed by atoms with Crippen molar-refractivity contribution in [2.24, 2.45) is 5.73 Å². The highest BCUT2D eigenvalue weighted by Crippen LogP contribution is 2.37. The first kappa shape index (κ1) is 26.1. The van der Waals surface area contributed by atoms with E-state index in [-0.39, 0.29) is 40.4 Å². The number of halogens is 2. The van der Waals surface area contributed by atoms with Crippen LogP contribution in [0.15, 0.2) is 58.3 Å². The number of amides is 1. The van der Waals surface area contributed by atoms with Crippen molar-refractivity contribution in [1.82, 2.24) is 20.1 Å². The highest BCUT2D eigenvalue weighted by Gasteiger charge is 2.35. The second-order valence-corrected chi connectivity index (χ2v) is 11.1. The maximum Gasteiger partial charge on any atom is 0.270 e. The maximum absolute atomic E-state index is 14.5. The Morgan fingerprint density at radius 3 is 2.63 bits per heavy atom. The smallest absolute Gasteiger partial charge is 0.270 e. The molecule has 5 rings (SSSR count). The Balaban J connectivity index is 1.48. The maximum atomic E-state index is 14.5. The predicted octanol–water partition coefficient (Wildman–Crippen LogP) is 6.01. The van der Waals surface area contributed by atoms with E-state index in [0.717, 1.165) is 36.0 Å². The van der Waals surface area contributed by atoms with Crippen LogP contribution < -0.4 is 5.73 Å². The number of carbonyl (C=O) groups excluding carboxylic acids is 1. The van der Waals surface area contributed by atoms with Crippen molar-refractivity contribution in [2.75, 3.05) is 6.54 Å². The third-order valence-electron chi connectivity index (χ3n) is 6.70. The Morgan fingerprint density at radius 1 is 1.18 bits per heavy atom. The topological polar surface area (TPSA) is 98.1 Å². The highest BCUT2D eigenvalue weighted by atomic mass is 32.1. The fraction of sp³-hybridized carbons (Fsp3) is 0.357. The van der Waals surface area contributed by atoms with Gasteiger partial charge in [-0.05, 0) is 56.9 Å². The Bertz CT molecular complexity index is 1440. The van der Waals surface area contributed by atoms with Gasteiger partial charge in [0.1, 0.15) is 5.01 Å². The molecular weight excluding hydrogens is 508 g/mol. The molecule has 1 aliphatic heterocycles. The lowest BCUT2D eigenvalue weighted by Gasteiger charge is -2.24. The van der Waals surface area contributed by atoms with Gasteiger partial charge in [0.15, 0.2) is 0 Å². The molecule has 1 saturated heterocycles. The van der Waals surface area contributed by atoms with Gasteiger partial charge in [0, 0.05) is 41.2 Å². The summed E-state index contributed by atoms with van der Waals surface area (Å²) in [5, 5.41) is 11.0. The van der Waals surface area contributed by atoms with Crippen LogP contribution in [0.1, 0.15) is 70.8 Å². The van der Waals surface area contributed by atoms with Gasteiger partial charge in [-0.2, -0.15) is 0 Å². The number of aromatic nitrogens is 3. The number of thiazole rings is 1. The lowest BCUT2D eigenvalue weighted by Crippen LogP contribution is -2.35. The summed E-state index contributed by atoms with van der Waals surface area (Å²) in [6.07, 6.45) is 2.03. The number of nitrogens with two attached hydrogens (primary N) is 1. The number of likely N-dealkylation sites (tertiary alicyclic amines) is 1. The van der Waals surface area contributed by atoms with Crippen LogP contribution in [0, 0.1) is 6.92 Å². The van der Waals surface area contributed by atoms with Crippen molar-refractivity contribution in [1.29, 1.82) is 0 Å². The first-order valence-corrected chi connectivity index (χ1v) is 13.3. The van der Waals surface area contributed by atoms with Crippen molar-refractivity contribution >= 4 is 17.2 Å². The van der Waals surface area contributed by atoms with Crippen LogP contribution in [0.5, 0.6) is 0 Å². The molecule has 1 fully saturated rings. The van der Waals surface area contributed by atoms with E-state index in [1.54, 1.807) is 11.8 Å². The third-order valence-corrected chi connectivity index (χ3v) is 7.76. The Morgan fingerprint density at radius 2 is 1.95 bits per heavy atom. The summed E-state index contributed by atoms with van der Waals surface area (Å²) in [4.78, 5) is 19.9. The third kappa shape index (κ3) is 5.37. The Kier molecular flexibility index (Phi) is 6.87. The molecule has 2 aromatic carbocycles. The number of alkyl halides is 2. The Labute approximate surface area is 223 Å². The number of rotatable bonds is 7. The minimum atomic E-state index is -3.18. The fourth-order valence-electron chi connectivity index (χ4n) is 4.75. The number of benzene rings is 2. The molecule has 198 valence electrons. The van der Waals surface area contributed by atoms with Crippen LogP contribution >= 0.6 is 11.3 Å². The SMILES string of the molecule is Cc1csc([C@H]2CCCN2C(=O)c2cc(-c3nnc([C@](C)(N)Cc4ccccc4)o3)cc(C(C)(F)F)c2)n1. The minimum absolute atomic E-state index is 0.0263. The van der Waals surface area contributed by atoms with E-state index in [1.165, 1.54) is 29.5 Å². The Hall–Kier alpha value is -3.50. The van der Waals surface area contributed by atoms with Crippen LogP contribution in [0.25, 0.3) is 11.5 Å². The highest BCUT2D eigenvalue weighted by molar-refractivity contribution is 7.09. The van der Waals surface area contributed by atoms with Crippen molar-refractivity contribution in [3.8, 4) is 11.5 Å². The van der Waals surface area contributed by atoms with Crippen LogP contribution in [0.2, 0.25) is 0 Å². The van der Waals surface area contributed by atoms with E-state index in [9.17, 15) is 13.6 Å². The molecule has 0 unspecified atom stereocenters. The normalized spacial score (nSPS) is 17.5. The van der Waals surface area contributed by atoms with E-state index >= 15 is 0 Å². The van der Waals surface area contributed by atoms with Crippen LogP contribution in [0.4, 0.5) is 8.78 Å². The molecule has 0 spiro atoms. The minimum Gasteiger partial charge on any atom is -0.419 e. The summed E-state index contributed by atoms with van der Waals surface area (Å²) < 4.78 is 35.0. The molecule has 4 aromatic rings. The first-order valence-electron chi connectivity index (χ1n) is 12.4. The molecule has 1 amide bonds. The van der Waals surface area contributed by atoms with Crippen molar-refractivity contribution < 1.29 is 18.0 Å². The van der Waals surface area contributed by atoms with Gasteiger partial charge in [-0.25, -0.2) is 13.8 Å². The zero-order valence-electron chi connectivity index (χ0n) is 21.4. The van der Waals surface area contributed by atoms with Gasteiger partial charge in [0.05, 0.1) is 11.6 Å². The van der Waals surface area contributed by atoms with Gasteiger partial charge in [-0.1, -0.05) is 30.3 Å². The van der Waals surface area contributed by atoms with Crippen LogP contribution in [0.3, 0.4) is 0 Å². The lowest BCUT2D eigenvalue weighted by molar-refractivity contribution is 0.0174. The average Bonchev–Trinajstić information content (AvgIpc) is 3.64. The molecular formula is C28H29F2N5O2S. The number of carbonyl (C=O) groups is 1. The van der Waals surface area contributed by atoms with Gasteiger partial charge in [0.2, 0.25) is 11.8 Å². The summed E-state index contributed by atoms with van der Waals surface area (Å²) in [6.45, 7) is 5.01. The molecule has 38 heavy (non-hydrogen) atoms. The van der Waals surface area contributed by atoms with Gasteiger partial charge in [-0.15, -0.1) is 21.5 Å². The van der Waals surface area contributed by atoms with E-state index in [1.807, 2.05) is 42.6 Å². The first-order chi connectivity index (χ1) is 18.0. The largest absolute Gasteiger partial charge is 0.419 e. The van der Waals surface area contributed by atoms with Gasteiger partial charge in [0.25, 0.3) is 11.8 Å². The van der Waals surface area contributed by atoms with Crippen molar-refractivity contribution in [3.05, 3.63) is 87.2 Å². The summed E-state index contributed by atoms with van der Waals surface area (Å²) >= 11 is 1.51. The van der Waals surface area contributed by atoms with Crippen molar-refractivity contribution in [2.45, 2.75) is 57.5 Å². The molecule has 0 bridgehead atoms. The van der Waals surface area contributed by atoms with Crippen LogP contribution in [-0.2, 0) is 17.9 Å². The second kappa shape index (κ2) is 9.99. The summed E-state index contributed by atoms with van der Waals surface area (Å²) in [6, 6.07) is 13.5.